The van der Waals surface area contributed by atoms with E-state index in [4.69, 9.17) is 0 Å². The molecule has 3 nitrogen and oxygen atoms in total. The molecule has 1 aliphatic rings. The molecule has 1 fully saturated rings. The first kappa shape index (κ1) is 14.0. The van der Waals surface area contributed by atoms with E-state index in [1.54, 1.807) is 28.6 Å². The van der Waals surface area contributed by atoms with E-state index in [2.05, 4.69) is 15.9 Å². The van der Waals surface area contributed by atoms with Gasteiger partial charge in [0.15, 0.2) is 0 Å². The quantitative estimate of drug-likeness (QED) is 0.751. The van der Waals surface area contributed by atoms with Gasteiger partial charge >= 0.3 is 0 Å². The Bertz CT molecular complexity index is 471. The number of sulfonamides is 1. The molecule has 0 atom stereocenters. The molecule has 1 aromatic carbocycles. The number of rotatable bonds is 6. The van der Waals surface area contributed by atoms with Crippen LogP contribution in [0.3, 0.4) is 0 Å². The van der Waals surface area contributed by atoms with Crippen molar-refractivity contribution in [3.63, 3.8) is 0 Å². The lowest BCUT2D eigenvalue weighted by Crippen LogP contribution is -2.44. The highest BCUT2D eigenvalue weighted by molar-refractivity contribution is 9.09. The van der Waals surface area contributed by atoms with Crippen molar-refractivity contribution in [2.24, 2.45) is 0 Å². The molecule has 5 heteroatoms. The van der Waals surface area contributed by atoms with Crippen LogP contribution in [0.15, 0.2) is 35.2 Å². The van der Waals surface area contributed by atoms with E-state index in [1.807, 2.05) is 6.07 Å². The predicted molar refractivity (Wildman–Crippen MR) is 76.4 cm³/mol. The fourth-order valence-corrected chi connectivity index (χ4v) is 4.11. The van der Waals surface area contributed by atoms with Gasteiger partial charge in [-0.15, -0.1) is 0 Å². The van der Waals surface area contributed by atoms with Gasteiger partial charge in [-0.05, 0) is 31.4 Å². The Morgan fingerprint density at radius 3 is 2.39 bits per heavy atom. The molecule has 1 saturated carbocycles. The lowest BCUT2D eigenvalue weighted by atomic mass is 9.93. The molecule has 2 rings (SSSR count). The van der Waals surface area contributed by atoms with Crippen LogP contribution >= 0.6 is 15.9 Å². The topological polar surface area (TPSA) is 37.4 Å². The van der Waals surface area contributed by atoms with Crippen molar-refractivity contribution < 1.29 is 8.42 Å². The average Bonchev–Trinajstić information content (AvgIpc) is 2.33. The number of alkyl halides is 1. The largest absolute Gasteiger partial charge is 0.243 e. The van der Waals surface area contributed by atoms with Crippen molar-refractivity contribution >= 4 is 26.0 Å². The number of nitrogens with zero attached hydrogens (tertiary/aromatic N) is 1. The van der Waals surface area contributed by atoms with Gasteiger partial charge in [0, 0.05) is 17.9 Å². The summed E-state index contributed by atoms with van der Waals surface area (Å²) in [5, 5.41) is 0.834. The minimum atomic E-state index is -3.32. The Morgan fingerprint density at radius 1 is 1.22 bits per heavy atom. The molecule has 0 bridgehead atoms. The molecule has 0 amide bonds. The van der Waals surface area contributed by atoms with Gasteiger partial charge in [0.05, 0.1) is 4.90 Å². The van der Waals surface area contributed by atoms with Crippen molar-refractivity contribution in [3.8, 4) is 0 Å². The monoisotopic (exact) mass is 331 g/mol. The lowest BCUT2D eigenvalue weighted by Gasteiger charge is -2.36. The molecular weight excluding hydrogens is 314 g/mol. The Balaban J connectivity index is 2.23. The fraction of sp³-hybridized carbons (Fsp3) is 0.538. The highest BCUT2D eigenvalue weighted by atomic mass is 79.9. The molecule has 1 aromatic rings. The van der Waals surface area contributed by atoms with Crippen LogP contribution < -0.4 is 0 Å². The van der Waals surface area contributed by atoms with Crippen LogP contribution in [0, 0.1) is 0 Å². The van der Waals surface area contributed by atoms with Crippen LogP contribution in [0.1, 0.15) is 25.7 Å². The third kappa shape index (κ3) is 2.95. The van der Waals surface area contributed by atoms with E-state index in [0.717, 1.165) is 31.0 Å². The van der Waals surface area contributed by atoms with Gasteiger partial charge in [-0.2, -0.15) is 4.31 Å². The first-order valence-electron chi connectivity index (χ1n) is 6.29. The van der Waals surface area contributed by atoms with Crippen LogP contribution in [-0.2, 0) is 10.0 Å². The van der Waals surface area contributed by atoms with Gasteiger partial charge in [-0.3, -0.25) is 0 Å². The summed E-state index contributed by atoms with van der Waals surface area (Å²) in [6.45, 7) is 0.604. The lowest BCUT2D eigenvalue weighted by molar-refractivity contribution is 0.220. The zero-order valence-corrected chi connectivity index (χ0v) is 12.7. The maximum absolute atomic E-state index is 12.6. The predicted octanol–water partition coefficient (Wildman–Crippen LogP) is 3.01. The van der Waals surface area contributed by atoms with E-state index in [0.29, 0.717) is 11.4 Å². The first-order chi connectivity index (χ1) is 8.66. The molecule has 0 spiro atoms. The van der Waals surface area contributed by atoms with E-state index >= 15 is 0 Å². The average molecular weight is 332 g/mol. The normalized spacial score (nSPS) is 16.8. The van der Waals surface area contributed by atoms with Crippen LogP contribution in [-0.4, -0.2) is 30.6 Å². The highest BCUT2D eigenvalue weighted by Crippen LogP contribution is 2.30. The van der Waals surface area contributed by atoms with E-state index in [-0.39, 0.29) is 6.04 Å². The van der Waals surface area contributed by atoms with Crippen molar-refractivity contribution in [1.82, 2.24) is 4.31 Å². The summed E-state index contributed by atoms with van der Waals surface area (Å²) in [6, 6.07) is 8.94. The maximum Gasteiger partial charge on any atom is 0.243 e. The summed E-state index contributed by atoms with van der Waals surface area (Å²) in [6.07, 6.45) is 3.98. The Morgan fingerprint density at radius 2 is 1.89 bits per heavy atom. The summed E-state index contributed by atoms with van der Waals surface area (Å²) < 4.78 is 26.9. The summed E-state index contributed by atoms with van der Waals surface area (Å²) in [5.74, 6) is 0. The molecule has 1 aliphatic carbocycles. The fourth-order valence-electron chi connectivity index (χ4n) is 2.12. The molecule has 18 heavy (non-hydrogen) atoms. The zero-order chi connectivity index (χ0) is 13.0. The van der Waals surface area contributed by atoms with Gasteiger partial charge in [0.2, 0.25) is 10.0 Å². The second-order valence-electron chi connectivity index (χ2n) is 4.56. The van der Waals surface area contributed by atoms with Crippen LogP contribution in [0.2, 0.25) is 0 Å². The van der Waals surface area contributed by atoms with E-state index < -0.39 is 10.0 Å². The van der Waals surface area contributed by atoms with Crippen molar-refractivity contribution in [1.29, 1.82) is 0 Å². The van der Waals surface area contributed by atoms with Gasteiger partial charge in [-0.25, -0.2) is 8.42 Å². The molecule has 0 heterocycles. The smallest absolute Gasteiger partial charge is 0.207 e. The molecule has 0 aromatic heterocycles. The molecule has 0 N–H and O–H groups in total. The second kappa shape index (κ2) is 6.17. The molecule has 0 saturated heterocycles. The summed E-state index contributed by atoms with van der Waals surface area (Å²) in [5.41, 5.74) is 0. The van der Waals surface area contributed by atoms with Gasteiger partial charge < -0.3 is 0 Å². The van der Waals surface area contributed by atoms with Gasteiger partial charge in [0.1, 0.15) is 0 Å². The molecule has 0 aliphatic heterocycles. The van der Waals surface area contributed by atoms with Crippen LogP contribution in [0.4, 0.5) is 0 Å². The standard InChI is InChI=1S/C13H18BrNO2S/c14-10-5-11-15(12-6-4-7-12)18(16,17)13-8-2-1-3-9-13/h1-3,8-9,12H,4-7,10-11H2. The van der Waals surface area contributed by atoms with Gasteiger partial charge in [0.25, 0.3) is 0 Å². The van der Waals surface area contributed by atoms with Gasteiger partial charge in [-0.1, -0.05) is 40.5 Å². The zero-order valence-electron chi connectivity index (χ0n) is 10.3. The second-order valence-corrected chi connectivity index (χ2v) is 7.24. The highest BCUT2D eigenvalue weighted by Gasteiger charge is 2.34. The van der Waals surface area contributed by atoms with E-state index in [9.17, 15) is 8.42 Å². The molecule has 100 valence electrons. The Hall–Kier alpha value is -0.390. The third-order valence-corrected chi connectivity index (χ3v) is 5.87. The summed E-state index contributed by atoms with van der Waals surface area (Å²) in [4.78, 5) is 0.409. The number of hydrogen-bond acceptors (Lipinski definition) is 2. The molecular formula is C13H18BrNO2S. The van der Waals surface area contributed by atoms with Crippen LogP contribution in [0.25, 0.3) is 0 Å². The molecule has 0 radical (unpaired) electrons. The Labute approximate surface area is 117 Å². The number of halogens is 1. The summed E-state index contributed by atoms with van der Waals surface area (Å²) >= 11 is 3.37. The van der Waals surface area contributed by atoms with Crippen molar-refractivity contribution in [2.75, 3.05) is 11.9 Å². The minimum Gasteiger partial charge on any atom is -0.207 e. The SMILES string of the molecule is O=S(=O)(c1ccccc1)N(CCCBr)C1CCC1. The van der Waals surface area contributed by atoms with Crippen molar-refractivity contribution in [3.05, 3.63) is 30.3 Å². The third-order valence-electron chi connectivity index (χ3n) is 3.34. The van der Waals surface area contributed by atoms with Crippen LogP contribution in [0.5, 0.6) is 0 Å². The number of benzene rings is 1. The molecule has 0 unspecified atom stereocenters. The maximum atomic E-state index is 12.6. The number of hydrogen-bond donors (Lipinski definition) is 0. The van der Waals surface area contributed by atoms with E-state index in [1.165, 1.54) is 0 Å². The van der Waals surface area contributed by atoms with Crippen molar-refractivity contribution in [2.45, 2.75) is 36.6 Å². The first-order valence-corrected chi connectivity index (χ1v) is 8.85. The summed E-state index contributed by atoms with van der Waals surface area (Å²) in [7, 11) is -3.32. The Kier molecular flexibility index (Phi) is 4.81. The minimum absolute atomic E-state index is 0.203.